The van der Waals surface area contributed by atoms with Crippen LogP contribution in [0, 0.1) is 0 Å². The van der Waals surface area contributed by atoms with Gasteiger partial charge in [0.25, 0.3) is 0 Å². The number of benzene rings is 1. The van der Waals surface area contributed by atoms with E-state index in [9.17, 15) is 20.1 Å². The van der Waals surface area contributed by atoms with Crippen LogP contribution in [0.25, 0.3) is 0 Å². The van der Waals surface area contributed by atoms with Gasteiger partial charge in [-0.1, -0.05) is 13.3 Å². The van der Waals surface area contributed by atoms with Gasteiger partial charge in [-0.2, -0.15) is 0 Å². The Labute approximate surface area is 135 Å². The van der Waals surface area contributed by atoms with E-state index >= 15 is 0 Å². The van der Waals surface area contributed by atoms with Crippen LogP contribution in [0.4, 0.5) is 0 Å². The first-order valence-corrected chi connectivity index (χ1v) is 4.47. The summed E-state index contributed by atoms with van der Waals surface area (Å²) in [4.78, 5) is 10.7. The molecule has 82 valence electrons. The molecule has 6 heteroatoms. The smallest absolute Gasteiger partial charge is 0.545 e. The Kier molecular flexibility index (Phi) is 6.35. The van der Waals surface area contributed by atoms with E-state index in [1.54, 1.807) is 6.92 Å². The minimum Gasteiger partial charge on any atom is -0.545 e. The first kappa shape index (κ1) is 15.7. The summed E-state index contributed by atoms with van der Waals surface area (Å²) in [6, 6.07) is 0.870. The number of hydrogen-bond donors (Lipinski definition) is 3. The molecule has 16 heavy (non-hydrogen) atoms. The van der Waals surface area contributed by atoms with Crippen LogP contribution in [-0.2, 0) is 6.42 Å². The summed E-state index contributed by atoms with van der Waals surface area (Å²) in [5, 5.41) is 38.5. The van der Waals surface area contributed by atoms with Gasteiger partial charge in [-0.25, -0.2) is 0 Å². The summed E-state index contributed by atoms with van der Waals surface area (Å²) < 4.78 is 0. The molecule has 0 heterocycles. The van der Waals surface area contributed by atoms with Crippen LogP contribution < -0.4 is 56.5 Å². The molecule has 0 unspecified atom stereocenters. The second-order valence-corrected chi connectivity index (χ2v) is 3.16. The third-order valence-electron chi connectivity index (χ3n) is 2.08. The molecule has 3 N–H and O–H groups in total. The minimum absolute atomic E-state index is 0. The molecule has 0 fully saturated rings. The largest absolute Gasteiger partial charge is 1.00 e. The molecule has 1 rings (SSSR count). The maximum absolute atomic E-state index is 10.7. The average molecular weight is 250 g/mol. The van der Waals surface area contributed by atoms with E-state index in [2.05, 4.69) is 0 Å². The zero-order chi connectivity index (χ0) is 11.6. The number of rotatable bonds is 3. The molecule has 0 atom stereocenters. The Morgan fingerprint density at radius 1 is 1.31 bits per heavy atom. The number of carbonyl (C=O) groups excluding carboxylic acids is 1. The van der Waals surface area contributed by atoms with Crippen LogP contribution in [0.5, 0.6) is 17.2 Å². The summed E-state index contributed by atoms with van der Waals surface area (Å²) in [6.07, 6.45) is 0.876. The molecule has 1 aromatic carbocycles. The van der Waals surface area contributed by atoms with Gasteiger partial charge < -0.3 is 25.2 Å². The first-order valence-electron chi connectivity index (χ1n) is 4.47. The van der Waals surface area contributed by atoms with Gasteiger partial charge in [-0.3, -0.25) is 0 Å². The Bertz CT molecular complexity index is 403. The Balaban J connectivity index is 0.00000225. The van der Waals surface area contributed by atoms with Crippen molar-refractivity contribution in [2.45, 2.75) is 19.8 Å². The molecule has 5 nitrogen and oxygen atoms in total. The number of hydrogen-bond acceptors (Lipinski definition) is 5. The fraction of sp³-hybridized carbons (Fsp3) is 0.300. The molecule has 0 aromatic heterocycles. The van der Waals surface area contributed by atoms with E-state index in [0.717, 1.165) is 6.07 Å². The normalized spacial score (nSPS) is 9.56. The van der Waals surface area contributed by atoms with Crippen molar-refractivity contribution in [2.75, 3.05) is 0 Å². The summed E-state index contributed by atoms with van der Waals surface area (Å²) in [5.74, 6) is -3.48. The van der Waals surface area contributed by atoms with Gasteiger partial charge in [0, 0.05) is 11.1 Å². The van der Waals surface area contributed by atoms with Crippen molar-refractivity contribution in [1.29, 1.82) is 0 Å². The molecule has 0 bridgehead atoms. The van der Waals surface area contributed by atoms with Crippen LogP contribution in [0.3, 0.4) is 0 Å². The van der Waals surface area contributed by atoms with Gasteiger partial charge in [0.1, 0.15) is 0 Å². The van der Waals surface area contributed by atoms with E-state index in [0.29, 0.717) is 6.42 Å². The van der Waals surface area contributed by atoms with Crippen molar-refractivity contribution in [2.24, 2.45) is 0 Å². The summed E-state index contributed by atoms with van der Waals surface area (Å²) in [7, 11) is 0. The molecular weight excluding hydrogens is 239 g/mol. The van der Waals surface area contributed by atoms with Crippen LogP contribution >= 0.6 is 0 Å². The molecule has 0 radical (unpaired) electrons. The van der Waals surface area contributed by atoms with Gasteiger partial charge in [0.05, 0.1) is 5.97 Å². The molecule has 0 spiro atoms. The SMILES string of the molecule is CCCc1c(C(=O)[O-])cc(O)c(O)c1O.[K+]. The fourth-order valence-corrected chi connectivity index (χ4v) is 1.37. The maximum Gasteiger partial charge on any atom is 1.00 e. The predicted molar refractivity (Wildman–Crippen MR) is 49.8 cm³/mol. The van der Waals surface area contributed by atoms with E-state index in [-0.39, 0.29) is 68.9 Å². The Morgan fingerprint density at radius 3 is 2.31 bits per heavy atom. The number of carboxylic acids is 1. The van der Waals surface area contributed by atoms with Crippen molar-refractivity contribution in [3.8, 4) is 17.2 Å². The molecule has 0 saturated heterocycles. The molecule has 0 amide bonds. The third kappa shape index (κ3) is 3.11. The number of aromatic carboxylic acids is 1. The molecule has 0 aliphatic carbocycles. The van der Waals surface area contributed by atoms with Gasteiger partial charge in [0.15, 0.2) is 11.5 Å². The maximum atomic E-state index is 10.7. The Hall–Kier alpha value is -0.274. The average Bonchev–Trinajstić information content (AvgIpc) is 2.18. The van der Waals surface area contributed by atoms with Gasteiger partial charge in [0.2, 0.25) is 5.75 Å². The van der Waals surface area contributed by atoms with E-state index < -0.39 is 23.2 Å². The van der Waals surface area contributed by atoms with E-state index in [4.69, 9.17) is 5.11 Å². The molecule has 1 aromatic rings. The second kappa shape index (κ2) is 6.46. The van der Waals surface area contributed by atoms with Crippen molar-refractivity contribution >= 4 is 5.97 Å². The standard InChI is InChI=1S/C10H12O5.K/c1-2-3-5-6(10(14)15)4-7(11)9(13)8(5)12;/h4,11-13H,2-3H2,1H3,(H,14,15);/q;+1/p-1. The third-order valence-corrected chi connectivity index (χ3v) is 2.08. The molecule has 0 aliphatic rings. The minimum atomic E-state index is -1.50. The van der Waals surface area contributed by atoms with Gasteiger partial charge in [-0.15, -0.1) is 0 Å². The Morgan fingerprint density at radius 2 is 1.88 bits per heavy atom. The number of aromatic hydroxyl groups is 3. The van der Waals surface area contributed by atoms with E-state index in [1.807, 2.05) is 0 Å². The van der Waals surface area contributed by atoms with Crippen molar-refractivity contribution in [1.82, 2.24) is 0 Å². The van der Waals surface area contributed by atoms with Gasteiger partial charge >= 0.3 is 51.4 Å². The van der Waals surface area contributed by atoms with Crippen molar-refractivity contribution in [3.63, 3.8) is 0 Å². The number of carboxylic acid groups (broad SMARTS) is 1. The van der Waals surface area contributed by atoms with E-state index in [1.165, 1.54) is 0 Å². The van der Waals surface area contributed by atoms with Crippen molar-refractivity contribution in [3.05, 3.63) is 17.2 Å². The molecule has 0 aliphatic heterocycles. The van der Waals surface area contributed by atoms with Crippen LogP contribution in [0.2, 0.25) is 0 Å². The number of phenols is 3. The molecule has 0 saturated carbocycles. The zero-order valence-corrected chi connectivity index (χ0v) is 12.3. The van der Waals surface area contributed by atoms with Crippen molar-refractivity contribution < 1.29 is 76.6 Å². The monoisotopic (exact) mass is 250 g/mol. The molecular formula is C10H11KO5. The van der Waals surface area contributed by atoms with Crippen LogP contribution in [-0.4, -0.2) is 21.3 Å². The number of carbonyl (C=O) groups is 1. The summed E-state index contributed by atoms with van der Waals surface area (Å²) in [6.45, 7) is 1.79. The topological polar surface area (TPSA) is 101 Å². The zero-order valence-electron chi connectivity index (χ0n) is 9.15. The first-order chi connectivity index (χ1) is 6.99. The number of phenolic OH excluding ortho intramolecular Hbond substituents is 3. The summed E-state index contributed by atoms with van der Waals surface area (Å²) >= 11 is 0. The second-order valence-electron chi connectivity index (χ2n) is 3.16. The van der Waals surface area contributed by atoms with Crippen LogP contribution in [0.15, 0.2) is 6.07 Å². The quantitative estimate of drug-likeness (QED) is 0.395. The fourth-order valence-electron chi connectivity index (χ4n) is 1.37. The van der Waals surface area contributed by atoms with Gasteiger partial charge in [-0.05, 0) is 12.5 Å². The summed E-state index contributed by atoms with van der Waals surface area (Å²) in [5.41, 5.74) is -0.225. The van der Waals surface area contributed by atoms with Crippen LogP contribution in [0.1, 0.15) is 29.3 Å². The predicted octanol–water partition coefficient (Wildman–Crippen LogP) is -2.88.